The van der Waals surface area contributed by atoms with E-state index in [4.69, 9.17) is 28.2 Å². The Morgan fingerprint density at radius 2 is 2.08 bits per heavy atom. The molecule has 1 amide bonds. The van der Waals surface area contributed by atoms with Crippen LogP contribution in [0.25, 0.3) is 11.0 Å². The molecule has 0 spiro atoms. The van der Waals surface area contributed by atoms with Crippen LogP contribution in [0.4, 0.5) is 5.69 Å². The summed E-state index contributed by atoms with van der Waals surface area (Å²) in [6.07, 6.45) is 3.92. The molecule has 0 bridgehead atoms. The van der Waals surface area contributed by atoms with Crippen LogP contribution in [0.15, 0.2) is 30.5 Å². The summed E-state index contributed by atoms with van der Waals surface area (Å²) in [5, 5.41) is 8.75. The fourth-order valence-electron chi connectivity index (χ4n) is 2.98. The molecular formula is C19H18Cl2N4O. The van der Waals surface area contributed by atoms with E-state index in [0.717, 1.165) is 29.6 Å². The molecule has 0 aliphatic heterocycles. The van der Waals surface area contributed by atoms with Gasteiger partial charge in [0.2, 0.25) is 0 Å². The second-order valence-corrected chi connectivity index (χ2v) is 7.63. The highest BCUT2D eigenvalue weighted by Crippen LogP contribution is 2.40. The zero-order chi connectivity index (χ0) is 18.4. The van der Waals surface area contributed by atoms with E-state index >= 15 is 0 Å². The lowest BCUT2D eigenvalue weighted by Crippen LogP contribution is -2.14. The minimum Gasteiger partial charge on any atom is -0.321 e. The van der Waals surface area contributed by atoms with Gasteiger partial charge in [-0.05, 0) is 44.9 Å². The highest BCUT2D eigenvalue weighted by Gasteiger charge is 2.28. The lowest BCUT2D eigenvalue weighted by atomic mass is 10.1. The molecule has 1 fully saturated rings. The van der Waals surface area contributed by atoms with Crippen LogP contribution in [-0.4, -0.2) is 20.7 Å². The maximum Gasteiger partial charge on any atom is 0.256 e. The number of rotatable bonds is 4. The number of pyridine rings is 1. The molecule has 26 heavy (non-hydrogen) atoms. The van der Waals surface area contributed by atoms with Crippen LogP contribution in [-0.2, 0) is 0 Å². The number of carbonyl (C=O) groups excluding carboxylic acids is 1. The Bertz CT molecular complexity index is 1010. The summed E-state index contributed by atoms with van der Waals surface area (Å²) in [7, 11) is 0. The largest absolute Gasteiger partial charge is 0.321 e. The summed E-state index contributed by atoms with van der Waals surface area (Å²) >= 11 is 12.2. The van der Waals surface area contributed by atoms with Gasteiger partial charge in [0.25, 0.3) is 5.91 Å². The Morgan fingerprint density at radius 3 is 2.77 bits per heavy atom. The first-order valence-corrected chi connectivity index (χ1v) is 9.35. The molecule has 0 radical (unpaired) electrons. The smallest absolute Gasteiger partial charge is 0.256 e. The summed E-state index contributed by atoms with van der Waals surface area (Å²) in [5.74, 6) is 0.183. The van der Waals surface area contributed by atoms with Gasteiger partial charge in [0.1, 0.15) is 0 Å². The van der Waals surface area contributed by atoms with Crippen LogP contribution >= 0.6 is 23.2 Å². The fourth-order valence-corrected chi connectivity index (χ4v) is 3.33. The first-order valence-electron chi connectivity index (χ1n) is 8.59. The van der Waals surface area contributed by atoms with Crippen molar-refractivity contribution in [2.24, 2.45) is 0 Å². The third-order valence-corrected chi connectivity index (χ3v) is 5.33. The Balaban J connectivity index is 1.79. The first-order chi connectivity index (χ1) is 12.5. The number of nitrogens with one attached hydrogen (secondary N) is 1. The number of halogens is 2. The normalized spacial score (nSPS) is 14.2. The van der Waals surface area contributed by atoms with Gasteiger partial charge >= 0.3 is 0 Å². The van der Waals surface area contributed by atoms with Crippen molar-refractivity contribution in [3.63, 3.8) is 0 Å². The molecule has 2 heterocycles. The van der Waals surface area contributed by atoms with Gasteiger partial charge in [-0.1, -0.05) is 29.3 Å². The van der Waals surface area contributed by atoms with Crippen molar-refractivity contribution in [3.05, 3.63) is 51.8 Å². The molecule has 134 valence electrons. The van der Waals surface area contributed by atoms with E-state index in [-0.39, 0.29) is 11.9 Å². The van der Waals surface area contributed by atoms with E-state index in [1.54, 1.807) is 24.4 Å². The summed E-state index contributed by atoms with van der Waals surface area (Å²) < 4.78 is 1.85. The molecule has 2 aromatic heterocycles. The second kappa shape index (κ2) is 6.56. The third-order valence-electron chi connectivity index (χ3n) is 4.52. The molecule has 0 atom stereocenters. The third kappa shape index (κ3) is 3.06. The molecule has 0 saturated heterocycles. The molecule has 1 aliphatic rings. The topological polar surface area (TPSA) is 59.8 Å². The van der Waals surface area contributed by atoms with Crippen molar-refractivity contribution in [2.45, 2.75) is 38.6 Å². The van der Waals surface area contributed by atoms with Crippen molar-refractivity contribution in [3.8, 4) is 0 Å². The molecule has 0 unspecified atom stereocenters. The van der Waals surface area contributed by atoms with Crippen LogP contribution in [0.1, 0.15) is 54.7 Å². The number of aromatic nitrogens is 3. The molecule has 5 nitrogen and oxygen atoms in total. The molecule has 4 rings (SSSR count). The molecule has 1 aliphatic carbocycles. The standard InChI is InChI=1S/C19H18Cl2N4O/c1-10(2)25-18-13(9-22-25)12(8-16(23-18)11-6-7-11)19(26)24-15-5-3-4-14(20)17(15)21/h3-5,8-11H,6-7H2,1-2H3,(H,24,26). The van der Waals surface area contributed by atoms with Crippen LogP contribution in [0.2, 0.25) is 10.0 Å². The Hall–Kier alpha value is -2.11. The van der Waals surface area contributed by atoms with E-state index in [0.29, 0.717) is 27.2 Å². The van der Waals surface area contributed by atoms with E-state index in [1.165, 1.54) is 0 Å². The van der Waals surface area contributed by atoms with Gasteiger partial charge in [0, 0.05) is 17.7 Å². The number of nitrogens with zero attached hydrogens (tertiary/aromatic N) is 3. The van der Waals surface area contributed by atoms with Crippen molar-refractivity contribution in [2.75, 3.05) is 5.32 Å². The number of hydrogen-bond donors (Lipinski definition) is 1. The molecule has 1 aromatic carbocycles. The highest BCUT2D eigenvalue weighted by atomic mass is 35.5. The number of anilines is 1. The van der Waals surface area contributed by atoms with Crippen LogP contribution in [0.3, 0.4) is 0 Å². The van der Waals surface area contributed by atoms with Gasteiger partial charge in [-0.3, -0.25) is 4.79 Å². The SMILES string of the molecule is CC(C)n1ncc2c(C(=O)Nc3cccc(Cl)c3Cl)cc(C3CC3)nc21. The van der Waals surface area contributed by atoms with Gasteiger partial charge in [-0.25, -0.2) is 9.67 Å². The molecule has 7 heteroatoms. The highest BCUT2D eigenvalue weighted by molar-refractivity contribution is 6.44. The minimum absolute atomic E-state index is 0.160. The molecule has 3 aromatic rings. The monoisotopic (exact) mass is 388 g/mol. The first kappa shape index (κ1) is 17.3. The average Bonchev–Trinajstić information content (AvgIpc) is 3.37. The maximum atomic E-state index is 13.0. The second-order valence-electron chi connectivity index (χ2n) is 6.84. The number of hydrogen-bond acceptors (Lipinski definition) is 3. The van der Waals surface area contributed by atoms with E-state index in [2.05, 4.69) is 10.4 Å². The number of carbonyl (C=O) groups is 1. The Kier molecular flexibility index (Phi) is 4.37. The fraction of sp³-hybridized carbons (Fsp3) is 0.316. The summed E-state index contributed by atoms with van der Waals surface area (Å²) in [5.41, 5.74) is 2.73. The van der Waals surface area contributed by atoms with Crippen LogP contribution < -0.4 is 5.32 Å². The zero-order valence-electron chi connectivity index (χ0n) is 14.5. The molecule has 1 saturated carbocycles. The van der Waals surface area contributed by atoms with E-state index in [9.17, 15) is 4.79 Å². The quantitative estimate of drug-likeness (QED) is 0.646. The van der Waals surface area contributed by atoms with Gasteiger partial charge in [-0.2, -0.15) is 5.10 Å². The van der Waals surface area contributed by atoms with Crippen molar-refractivity contribution in [1.82, 2.24) is 14.8 Å². The predicted molar refractivity (Wildman–Crippen MR) is 104 cm³/mol. The summed E-state index contributed by atoms with van der Waals surface area (Å²) in [4.78, 5) is 17.8. The van der Waals surface area contributed by atoms with Gasteiger partial charge in [0.15, 0.2) is 5.65 Å². The Morgan fingerprint density at radius 1 is 1.31 bits per heavy atom. The molecular weight excluding hydrogens is 371 g/mol. The predicted octanol–water partition coefficient (Wildman–Crippen LogP) is 5.45. The van der Waals surface area contributed by atoms with Crippen LogP contribution in [0.5, 0.6) is 0 Å². The summed E-state index contributed by atoms with van der Waals surface area (Å²) in [6.45, 7) is 4.09. The zero-order valence-corrected chi connectivity index (χ0v) is 16.0. The van der Waals surface area contributed by atoms with Gasteiger partial charge < -0.3 is 5.32 Å². The van der Waals surface area contributed by atoms with Crippen LogP contribution in [0, 0.1) is 0 Å². The van der Waals surface area contributed by atoms with Gasteiger partial charge in [-0.15, -0.1) is 0 Å². The van der Waals surface area contributed by atoms with Crippen molar-refractivity contribution in [1.29, 1.82) is 0 Å². The van der Waals surface area contributed by atoms with E-state index < -0.39 is 0 Å². The minimum atomic E-state index is -0.244. The van der Waals surface area contributed by atoms with Gasteiger partial charge in [0.05, 0.1) is 32.9 Å². The van der Waals surface area contributed by atoms with E-state index in [1.807, 2.05) is 24.6 Å². The molecule has 1 N–H and O–H groups in total. The average molecular weight is 389 g/mol. The maximum absolute atomic E-state index is 13.0. The Labute approximate surface area is 161 Å². The number of benzene rings is 1. The lowest BCUT2D eigenvalue weighted by molar-refractivity contribution is 0.102. The number of amides is 1. The lowest BCUT2D eigenvalue weighted by Gasteiger charge is -2.11. The van der Waals surface area contributed by atoms with Crippen molar-refractivity contribution < 1.29 is 4.79 Å². The van der Waals surface area contributed by atoms with Crippen molar-refractivity contribution >= 4 is 45.8 Å². The number of fused-ring (bicyclic) bond motifs is 1. The summed E-state index contributed by atoms with van der Waals surface area (Å²) in [6, 6.07) is 7.19.